The highest BCUT2D eigenvalue weighted by molar-refractivity contribution is 5.76. The Labute approximate surface area is 89.1 Å². The molecule has 0 heterocycles. The molecule has 1 amide bonds. The van der Waals surface area contributed by atoms with Crippen molar-refractivity contribution in [2.24, 2.45) is 0 Å². The second-order valence-corrected chi connectivity index (χ2v) is 3.15. The number of aromatic hydroxyl groups is 1. The van der Waals surface area contributed by atoms with E-state index in [0.717, 1.165) is 5.56 Å². The SMILES string of the molecule is C#CCCC(=O)NCc1ccc(O)cc1. The average Bonchev–Trinajstić information content (AvgIpc) is 2.25. The third-order valence-electron chi connectivity index (χ3n) is 1.92. The second kappa shape index (κ2) is 5.71. The fourth-order valence-corrected chi connectivity index (χ4v) is 1.09. The van der Waals surface area contributed by atoms with E-state index in [1.807, 2.05) is 0 Å². The molecule has 0 spiro atoms. The predicted octanol–water partition coefficient (Wildman–Crippen LogP) is 1.42. The van der Waals surface area contributed by atoms with Crippen LogP contribution in [0.2, 0.25) is 0 Å². The molecule has 0 aliphatic heterocycles. The van der Waals surface area contributed by atoms with Gasteiger partial charge in [0.2, 0.25) is 5.91 Å². The monoisotopic (exact) mass is 203 g/mol. The van der Waals surface area contributed by atoms with Crippen LogP contribution in [0.1, 0.15) is 18.4 Å². The summed E-state index contributed by atoms with van der Waals surface area (Å²) in [7, 11) is 0. The molecule has 0 radical (unpaired) electrons. The molecule has 0 saturated heterocycles. The number of terminal acetylenes is 1. The van der Waals surface area contributed by atoms with E-state index in [0.29, 0.717) is 19.4 Å². The summed E-state index contributed by atoms with van der Waals surface area (Å²) in [5, 5.41) is 11.8. The Morgan fingerprint density at radius 3 is 2.67 bits per heavy atom. The van der Waals surface area contributed by atoms with E-state index in [1.54, 1.807) is 24.3 Å². The molecule has 1 aromatic carbocycles. The summed E-state index contributed by atoms with van der Waals surface area (Å²) in [6.07, 6.45) is 5.86. The first kappa shape index (κ1) is 11.1. The number of carbonyl (C=O) groups is 1. The van der Waals surface area contributed by atoms with Crippen LogP contribution < -0.4 is 5.32 Å². The Balaban J connectivity index is 2.34. The molecule has 3 nitrogen and oxygen atoms in total. The van der Waals surface area contributed by atoms with Gasteiger partial charge in [0.15, 0.2) is 0 Å². The van der Waals surface area contributed by atoms with Gasteiger partial charge in [-0.1, -0.05) is 12.1 Å². The van der Waals surface area contributed by atoms with Gasteiger partial charge in [0.1, 0.15) is 5.75 Å². The lowest BCUT2D eigenvalue weighted by Crippen LogP contribution is -2.22. The van der Waals surface area contributed by atoms with Crippen LogP contribution in [0.4, 0.5) is 0 Å². The van der Waals surface area contributed by atoms with Crippen molar-refractivity contribution in [3.05, 3.63) is 29.8 Å². The minimum Gasteiger partial charge on any atom is -0.508 e. The van der Waals surface area contributed by atoms with Crippen molar-refractivity contribution in [3.63, 3.8) is 0 Å². The molecular weight excluding hydrogens is 190 g/mol. The summed E-state index contributed by atoms with van der Waals surface area (Å²) in [6, 6.07) is 6.69. The molecule has 0 saturated carbocycles. The van der Waals surface area contributed by atoms with Gasteiger partial charge in [0, 0.05) is 19.4 Å². The fourth-order valence-electron chi connectivity index (χ4n) is 1.09. The summed E-state index contributed by atoms with van der Waals surface area (Å²) in [4.78, 5) is 11.2. The van der Waals surface area contributed by atoms with Gasteiger partial charge < -0.3 is 10.4 Å². The number of rotatable bonds is 4. The van der Waals surface area contributed by atoms with Crippen LogP contribution in [-0.2, 0) is 11.3 Å². The average molecular weight is 203 g/mol. The molecule has 0 fully saturated rings. The molecule has 0 bridgehead atoms. The van der Waals surface area contributed by atoms with Crippen LogP contribution >= 0.6 is 0 Å². The Bertz CT molecular complexity index is 362. The molecule has 0 aliphatic rings. The summed E-state index contributed by atoms with van der Waals surface area (Å²) in [5.74, 6) is 2.58. The maximum absolute atomic E-state index is 11.2. The zero-order valence-electron chi connectivity index (χ0n) is 8.36. The number of benzene rings is 1. The molecule has 2 N–H and O–H groups in total. The third-order valence-corrected chi connectivity index (χ3v) is 1.92. The lowest BCUT2D eigenvalue weighted by Gasteiger charge is -2.03. The van der Waals surface area contributed by atoms with Crippen LogP contribution in [-0.4, -0.2) is 11.0 Å². The second-order valence-electron chi connectivity index (χ2n) is 3.15. The number of amides is 1. The largest absolute Gasteiger partial charge is 0.508 e. The first-order chi connectivity index (χ1) is 7.22. The van der Waals surface area contributed by atoms with Gasteiger partial charge in [-0.3, -0.25) is 4.79 Å². The molecule has 0 unspecified atom stereocenters. The number of hydrogen-bond donors (Lipinski definition) is 2. The number of phenols is 1. The number of phenolic OH excluding ortho intramolecular Hbond substituents is 1. The lowest BCUT2D eigenvalue weighted by atomic mass is 10.2. The van der Waals surface area contributed by atoms with E-state index in [2.05, 4.69) is 11.2 Å². The molecular formula is C12H13NO2. The van der Waals surface area contributed by atoms with E-state index < -0.39 is 0 Å². The van der Waals surface area contributed by atoms with Gasteiger partial charge in [-0.25, -0.2) is 0 Å². The van der Waals surface area contributed by atoms with Crippen LogP contribution in [0.25, 0.3) is 0 Å². The zero-order valence-corrected chi connectivity index (χ0v) is 8.36. The van der Waals surface area contributed by atoms with Crippen molar-refractivity contribution in [1.82, 2.24) is 5.32 Å². The van der Waals surface area contributed by atoms with E-state index in [9.17, 15) is 4.79 Å². The first-order valence-electron chi connectivity index (χ1n) is 4.70. The molecule has 78 valence electrons. The summed E-state index contributed by atoms with van der Waals surface area (Å²) in [5.41, 5.74) is 0.946. The zero-order chi connectivity index (χ0) is 11.1. The molecule has 15 heavy (non-hydrogen) atoms. The standard InChI is InChI=1S/C12H13NO2/c1-2-3-4-12(15)13-9-10-5-7-11(14)8-6-10/h1,5-8,14H,3-4,9H2,(H,13,15). The summed E-state index contributed by atoms with van der Waals surface area (Å²) < 4.78 is 0. The molecule has 1 aromatic rings. The van der Waals surface area contributed by atoms with Gasteiger partial charge >= 0.3 is 0 Å². The molecule has 3 heteroatoms. The maximum Gasteiger partial charge on any atom is 0.221 e. The quantitative estimate of drug-likeness (QED) is 0.727. The number of carbonyl (C=O) groups excluding carboxylic acids is 1. The Morgan fingerprint density at radius 2 is 2.07 bits per heavy atom. The van der Waals surface area contributed by atoms with Gasteiger partial charge in [-0.15, -0.1) is 12.3 Å². The van der Waals surface area contributed by atoms with Crippen LogP contribution in [0.15, 0.2) is 24.3 Å². The Morgan fingerprint density at radius 1 is 1.40 bits per heavy atom. The maximum atomic E-state index is 11.2. The van der Waals surface area contributed by atoms with Crippen LogP contribution in [0, 0.1) is 12.3 Å². The van der Waals surface area contributed by atoms with Crippen LogP contribution in [0.3, 0.4) is 0 Å². The van der Waals surface area contributed by atoms with Gasteiger partial charge in [0.25, 0.3) is 0 Å². The van der Waals surface area contributed by atoms with Crippen LogP contribution in [0.5, 0.6) is 5.75 Å². The highest BCUT2D eigenvalue weighted by Gasteiger charge is 1.99. The highest BCUT2D eigenvalue weighted by Crippen LogP contribution is 2.09. The van der Waals surface area contributed by atoms with E-state index >= 15 is 0 Å². The van der Waals surface area contributed by atoms with Crippen molar-refractivity contribution < 1.29 is 9.90 Å². The van der Waals surface area contributed by atoms with E-state index in [1.165, 1.54) is 0 Å². The number of nitrogens with one attached hydrogen (secondary N) is 1. The normalized spacial score (nSPS) is 9.27. The first-order valence-corrected chi connectivity index (χ1v) is 4.70. The van der Waals surface area contributed by atoms with Crippen molar-refractivity contribution in [2.45, 2.75) is 19.4 Å². The molecule has 0 aliphatic carbocycles. The van der Waals surface area contributed by atoms with Crippen molar-refractivity contribution in [3.8, 4) is 18.1 Å². The highest BCUT2D eigenvalue weighted by atomic mass is 16.3. The van der Waals surface area contributed by atoms with Gasteiger partial charge in [-0.2, -0.15) is 0 Å². The predicted molar refractivity (Wildman–Crippen MR) is 58.0 cm³/mol. The van der Waals surface area contributed by atoms with Crippen molar-refractivity contribution in [1.29, 1.82) is 0 Å². The fraction of sp³-hybridized carbons (Fsp3) is 0.250. The Kier molecular flexibility index (Phi) is 4.24. The lowest BCUT2D eigenvalue weighted by molar-refractivity contribution is -0.121. The smallest absolute Gasteiger partial charge is 0.221 e. The van der Waals surface area contributed by atoms with Crippen molar-refractivity contribution >= 4 is 5.91 Å². The minimum atomic E-state index is -0.0546. The third kappa shape index (κ3) is 4.19. The van der Waals surface area contributed by atoms with E-state index in [-0.39, 0.29) is 11.7 Å². The minimum absolute atomic E-state index is 0.0546. The van der Waals surface area contributed by atoms with Gasteiger partial charge in [0.05, 0.1) is 0 Å². The number of hydrogen-bond acceptors (Lipinski definition) is 2. The van der Waals surface area contributed by atoms with Gasteiger partial charge in [-0.05, 0) is 17.7 Å². The topological polar surface area (TPSA) is 49.3 Å². The summed E-state index contributed by atoms with van der Waals surface area (Å²) >= 11 is 0. The molecule has 1 rings (SSSR count). The van der Waals surface area contributed by atoms with Crippen molar-refractivity contribution in [2.75, 3.05) is 0 Å². The Hall–Kier alpha value is -1.95. The molecule has 0 aromatic heterocycles. The summed E-state index contributed by atoms with van der Waals surface area (Å²) in [6.45, 7) is 0.462. The molecule has 0 atom stereocenters. The van der Waals surface area contributed by atoms with E-state index in [4.69, 9.17) is 11.5 Å².